The third-order valence-corrected chi connectivity index (χ3v) is 3.33. The molecule has 1 N–H and O–H groups in total. The Balaban J connectivity index is 0.00000324. The number of thioether (sulfide) groups is 1. The molecule has 3 nitrogen and oxygen atoms in total. The number of aliphatic imine (C=N–C) groups is 1. The highest BCUT2D eigenvalue weighted by molar-refractivity contribution is 14.0. The van der Waals surface area contributed by atoms with Gasteiger partial charge >= 0.3 is 0 Å². The summed E-state index contributed by atoms with van der Waals surface area (Å²) < 4.78 is 0. The molecular weight excluding hydrogens is 369 g/mol. The van der Waals surface area contributed by atoms with Gasteiger partial charge in [-0.2, -0.15) is 0 Å². The molecule has 0 bridgehead atoms. The zero-order valence-electron chi connectivity index (χ0n) is 12.1. The summed E-state index contributed by atoms with van der Waals surface area (Å²) in [4.78, 5) is 7.93. The molecule has 0 fully saturated rings. The third-order valence-electron chi connectivity index (χ3n) is 2.58. The average Bonchev–Trinajstić information content (AvgIpc) is 2.39. The van der Waals surface area contributed by atoms with Crippen molar-refractivity contribution in [1.29, 1.82) is 0 Å². The number of rotatable bonds is 5. The van der Waals surface area contributed by atoms with Crippen molar-refractivity contribution in [3.63, 3.8) is 0 Å². The van der Waals surface area contributed by atoms with Crippen molar-refractivity contribution < 1.29 is 0 Å². The van der Waals surface area contributed by atoms with Crippen LogP contribution in [0.4, 0.5) is 0 Å². The van der Waals surface area contributed by atoms with Gasteiger partial charge in [0.2, 0.25) is 0 Å². The van der Waals surface area contributed by atoms with Crippen LogP contribution in [0.3, 0.4) is 0 Å². The lowest BCUT2D eigenvalue weighted by Crippen LogP contribution is -2.38. The zero-order valence-corrected chi connectivity index (χ0v) is 15.3. The molecule has 1 aromatic carbocycles. The van der Waals surface area contributed by atoms with Gasteiger partial charge in [0.15, 0.2) is 5.96 Å². The van der Waals surface area contributed by atoms with Gasteiger partial charge in [-0.25, -0.2) is 0 Å². The van der Waals surface area contributed by atoms with Gasteiger partial charge in [-0.05, 0) is 37.8 Å². The molecule has 0 amide bonds. The number of halogens is 1. The SMILES string of the molecule is CCN=C(NCC)N(C)Cc1ccc(SC)cc1.I. The first kappa shape index (κ1) is 18.6. The highest BCUT2D eigenvalue weighted by Crippen LogP contribution is 2.15. The third kappa shape index (κ3) is 6.51. The predicted molar refractivity (Wildman–Crippen MR) is 96.8 cm³/mol. The second kappa shape index (κ2) is 10.4. The molecule has 0 heterocycles. The Morgan fingerprint density at radius 3 is 2.37 bits per heavy atom. The Bertz CT molecular complexity index is 379. The fourth-order valence-corrected chi connectivity index (χ4v) is 2.11. The second-order valence-electron chi connectivity index (χ2n) is 4.03. The molecule has 0 unspecified atom stereocenters. The summed E-state index contributed by atoms with van der Waals surface area (Å²) in [5.41, 5.74) is 1.30. The summed E-state index contributed by atoms with van der Waals surface area (Å²) in [5.74, 6) is 0.967. The Morgan fingerprint density at radius 1 is 1.26 bits per heavy atom. The minimum atomic E-state index is 0. The summed E-state index contributed by atoms with van der Waals surface area (Å²) in [6.45, 7) is 6.72. The molecule has 0 aromatic heterocycles. The van der Waals surface area contributed by atoms with Crippen molar-refractivity contribution in [2.45, 2.75) is 25.3 Å². The van der Waals surface area contributed by atoms with Gasteiger partial charge in [-0.15, -0.1) is 35.7 Å². The topological polar surface area (TPSA) is 27.6 Å². The first-order valence-electron chi connectivity index (χ1n) is 6.33. The Kier molecular flexibility index (Phi) is 10.1. The van der Waals surface area contributed by atoms with Crippen LogP contribution in [0.5, 0.6) is 0 Å². The lowest BCUT2D eigenvalue weighted by Gasteiger charge is -2.22. The second-order valence-corrected chi connectivity index (χ2v) is 4.91. The average molecular weight is 393 g/mol. The molecule has 0 radical (unpaired) electrons. The Hall–Kier alpha value is -0.430. The fraction of sp³-hybridized carbons (Fsp3) is 0.500. The van der Waals surface area contributed by atoms with E-state index in [1.165, 1.54) is 10.5 Å². The molecule has 0 saturated heterocycles. The molecule has 0 aliphatic rings. The van der Waals surface area contributed by atoms with E-state index >= 15 is 0 Å². The van der Waals surface area contributed by atoms with Gasteiger partial charge in [0.1, 0.15) is 0 Å². The number of hydrogen-bond donors (Lipinski definition) is 1. The zero-order chi connectivity index (χ0) is 13.4. The normalized spacial score (nSPS) is 10.8. The molecule has 0 aliphatic heterocycles. The molecule has 1 aromatic rings. The van der Waals surface area contributed by atoms with Crippen LogP contribution in [0.25, 0.3) is 0 Å². The van der Waals surface area contributed by atoms with Crippen LogP contribution in [0.2, 0.25) is 0 Å². The smallest absolute Gasteiger partial charge is 0.193 e. The molecule has 19 heavy (non-hydrogen) atoms. The van der Waals surface area contributed by atoms with Crippen LogP contribution < -0.4 is 5.32 Å². The van der Waals surface area contributed by atoms with Crippen LogP contribution in [-0.2, 0) is 6.54 Å². The van der Waals surface area contributed by atoms with Crippen LogP contribution >= 0.6 is 35.7 Å². The van der Waals surface area contributed by atoms with Crippen molar-refractivity contribution >= 4 is 41.7 Å². The molecule has 0 aliphatic carbocycles. The predicted octanol–water partition coefficient (Wildman–Crippen LogP) is 3.44. The van der Waals surface area contributed by atoms with E-state index in [0.29, 0.717) is 0 Å². The van der Waals surface area contributed by atoms with Crippen molar-refractivity contribution in [3.05, 3.63) is 29.8 Å². The molecule has 0 atom stereocenters. The highest BCUT2D eigenvalue weighted by atomic mass is 127. The van der Waals surface area contributed by atoms with Gasteiger partial charge in [0, 0.05) is 31.6 Å². The summed E-state index contributed by atoms with van der Waals surface area (Å²) in [7, 11) is 2.07. The number of guanidine groups is 1. The first-order valence-corrected chi connectivity index (χ1v) is 7.56. The quantitative estimate of drug-likeness (QED) is 0.360. The van der Waals surface area contributed by atoms with Gasteiger partial charge in [0.25, 0.3) is 0 Å². The van der Waals surface area contributed by atoms with Gasteiger partial charge in [-0.3, -0.25) is 4.99 Å². The van der Waals surface area contributed by atoms with Crippen LogP contribution in [-0.4, -0.2) is 37.3 Å². The van der Waals surface area contributed by atoms with Crippen LogP contribution in [0.1, 0.15) is 19.4 Å². The summed E-state index contributed by atoms with van der Waals surface area (Å²) in [5, 5.41) is 3.30. The van der Waals surface area contributed by atoms with E-state index in [2.05, 4.69) is 66.6 Å². The van der Waals surface area contributed by atoms with Gasteiger partial charge in [0.05, 0.1) is 0 Å². The molecular formula is C14H24IN3S. The molecule has 5 heteroatoms. The monoisotopic (exact) mass is 393 g/mol. The highest BCUT2D eigenvalue weighted by Gasteiger charge is 2.05. The maximum atomic E-state index is 4.47. The lowest BCUT2D eigenvalue weighted by molar-refractivity contribution is 0.477. The van der Waals surface area contributed by atoms with E-state index in [-0.39, 0.29) is 24.0 Å². The molecule has 0 spiro atoms. The summed E-state index contributed by atoms with van der Waals surface area (Å²) in [6.07, 6.45) is 2.10. The van der Waals surface area contributed by atoms with Crippen LogP contribution in [0, 0.1) is 0 Å². The minimum Gasteiger partial charge on any atom is -0.357 e. The molecule has 108 valence electrons. The Labute approximate surface area is 138 Å². The molecule has 1 rings (SSSR count). The largest absolute Gasteiger partial charge is 0.357 e. The van der Waals surface area contributed by atoms with Crippen molar-refractivity contribution in [3.8, 4) is 0 Å². The maximum absolute atomic E-state index is 4.47. The van der Waals surface area contributed by atoms with E-state index in [0.717, 1.165) is 25.6 Å². The number of benzene rings is 1. The summed E-state index contributed by atoms with van der Waals surface area (Å²) >= 11 is 1.77. The summed E-state index contributed by atoms with van der Waals surface area (Å²) in [6, 6.07) is 8.69. The van der Waals surface area contributed by atoms with E-state index < -0.39 is 0 Å². The van der Waals surface area contributed by atoms with E-state index in [9.17, 15) is 0 Å². The van der Waals surface area contributed by atoms with E-state index in [1.807, 2.05) is 0 Å². The number of hydrogen-bond acceptors (Lipinski definition) is 2. The van der Waals surface area contributed by atoms with Gasteiger partial charge in [-0.1, -0.05) is 12.1 Å². The maximum Gasteiger partial charge on any atom is 0.193 e. The van der Waals surface area contributed by atoms with Crippen molar-refractivity contribution in [2.75, 3.05) is 26.4 Å². The van der Waals surface area contributed by atoms with E-state index in [4.69, 9.17) is 0 Å². The lowest BCUT2D eigenvalue weighted by atomic mass is 10.2. The number of nitrogens with zero attached hydrogens (tertiary/aromatic N) is 2. The first-order chi connectivity index (χ1) is 8.71. The standard InChI is InChI=1S/C14H23N3S.HI/c1-5-15-14(16-6-2)17(3)11-12-7-9-13(18-4)10-8-12;/h7-10H,5-6,11H2,1-4H3,(H,15,16);1H. The fourth-order valence-electron chi connectivity index (χ4n) is 1.70. The molecule has 0 saturated carbocycles. The van der Waals surface area contributed by atoms with Crippen LogP contribution in [0.15, 0.2) is 34.2 Å². The van der Waals surface area contributed by atoms with Crippen molar-refractivity contribution in [1.82, 2.24) is 10.2 Å². The van der Waals surface area contributed by atoms with Gasteiger partial charge < -0.3 is 10.2 Å². The minimum absolute atomic E-state index is 0. The van der Waals surface area contributed by atoms with Crippen molar-refractivity contribution in [2.24, 2.45) is 4.99 Å². The Morgan fingerprint density at radius 2 is 1.89 bits per heavy atom. The number of nitrogens with one attached hydrogen (secondary N) is 1. The van der Waals surface area contributed by atoms with E-state index in [1.54, 1.807) is 11.8 Å².